The summed E-state index contributed by atoms with van der Waals surface area (Å²) in [5, 5.41) is 0. The molecule has 1 saturated carbocycles. The molecule has 0 radical (unpaired) electrons. The van der Waals surface area contributed by atoms with Gasteiger partial charge in [0.15, 0.2) is 5.82 Å². The molecule has 0 N–H and O–H groups in total. The molecule has 1 aliphatic carbocycles. The van der Waals surface area contributed by atoms with Gasteiger partial charge in [-0.05, 0) is 39.5 Å². The molecule has 6 heteroatoms. The van der Waals surface area contributed by atoms with Crippen LogP contribution < -0.4 is 0 Å². The highest BCUT2D eigenvalue weighted by atomic mass is 16.2. The minimum atomic E-state index is 0.0515. The number of carbonyl (C=O) groups is 2. The lowest BCUT2D eigenvalue weighted by molar-refractivity contribution is -0.133. The molecule has 3 heterocycles. The van der Waals surface area contributed by atoms with Crippen LogP contribution in [0.2, 0.25) is 0 Å². The Balaban J connectivity index is 1.63. The normalized spacial score (nSPS) is 20.6. The molecular formula is C18H26N4O2. The summed E-state index contributed by atoms with van der Waals surface area (Å²) in [5.41, 5.74) is 2.07. The first kappa shape index (κ1) is 15.7. The zero-order valence-corrected chi connectivity index (χ0v) is 14.6. The zero-order chi connectivity index (χ0) is 16.8. The minimum absolute atomic E-state index is 0.0515. The van der Waals surface area contributed by atoms with Crippen LogP contribution in [0.1, 0.15) is 67.6 Å². The van der Waals surface area contributed by atoms with Crippen LogP contribution in [-0.4, -0.2) is 50.8 Å². The van der Waals surface area contributed by atoms with Crippen LogP contribution in [0.25, 0.3) is 0 Å². The van der Waals surface area contributed by atoms with Gasteiger partial charge in [0.1, 0.15) is 0 Å². The van der Waals surface area contributed by atoms with Crippen molar-refractivity contribution in [1.29, 1.82) is 0 Å². The van der Waals surface area contributed by atoms with Crippen molar-refractivity contribution in [3.63, 3.8) is 0 Å². The highest BCUT2D eigenvalue weighted by Gasteiger charge is 2.37. The first-order chi connectivity index (χ1) is 11.6. The van der Waals surface area contributed by atoms with E-state index in [1.165, 1.54) is 0 Å². The molecule has 24 heavy (non-hydrogen) atoms. The number of imidazole rings is 1. The molecule has 4 rings (SSSR count). The van der Waals surface area contributed by atoms with E-state index in [-0.39, 0.29) is 23.8 Å². The molecule has 0 bridgehead atoms. The molecule has 130 valence electrons. The predicted octanol–water partition coefficient (Wildman–Crippen LogP) is 1.99. The van der Waals surface area contributed by atoms with Crippen LogP contribution in [0.5, 0.6) is 0 Å². The third kappa shape index (κ3) is 2.62. The third-order valence-corrected chi connectivity index (χ3v) is 5.39. The number of aromatic nitrogens is 2. The Labute approximate surface area is 142 Å². The monoisotopic (exact) mass is 330 g/mol. The van der Waals surface area contributed by atoms with Crippen molar-refractivity contribution in [2.75, 3.05) is 19.6 Å². The second-order valence-electron chi connectivity index (χ2n) is 7.58. The number of hydrogen-bond acceptors (Lipinski definition) is 3. The number of hydrogen-bond donors (Lipinski definition) is 0. The highest BCUT2D eigenvalue weighted by molar-refractivity contribution is 5.91. The van der Waals surface area contributed by atoms with Crippen LogP contribution in [-0.2, 0) is 17.8 Å². The Morgan fingerprint density at radius 3 is 2.42 bits per heavy atom. The molecule has 1 saturated heterocycles. The Morgan fingerprint density at radius 1 is 1.08 bits per heavy atom. The summed E-state index contributed by atoms with van der Waals surface area (Å²) in [4.78, 5) is 33.8. The molecule has 0 atom stereocenters. The Bertz CT molecular complexity index is 669. The summed E-state index contributed by atoms with van der Waals surface area (Å²) in [5.74, 6) is 1.13. The summed E-state index contributed by atoms with van der Waals surface area (Å²) >= 11 is 0. The van der Waals surface area contributed by atoms with Gasteiger partial charge in [-0.25, -0.2) is 4.98 Å². The standard InChI is InChI=1S/C18H26N4O2/c1-12(2)22-15-7-10-21(17(23)13-5-6-13)11-14(15)19-16(22)18(24)20-8-3-4-9-20/h12-13H,3-11H2,1-2H3. The Hall–Kier alpha value is -1.85. The smallest absolute Gasteiger partial charge is 0.289 e. The van der Waals surface area contributed by atoms with E-state index in [4.69, 9.17) is 4.98 Å². The van der Waals surface area contributed by atoms with Gasteiger partial charge in [0, 0.05) is 43.7 Å². The number of rotatable bonds is 3. The van der Waals surface area contributed by atoms with Gasteiger partial charge in [-0.15, -0.1) is 0 Å². The topological polar surface area (TPSA) is 58.4 Å². The number of carbonyl (C=O) groups excluding carboxylic acids is 2. The molecule has 2 fully saturated rings. The van der Waals surface area contributed by atoms with E-state index in [0.29, 0.717) is 12.4 Å². The Kier molecular flexibility index (Phi) is 3.85. The van der Waals surface area contributed by atoms with Crippen molar-refractivity contribution < 1.29 is 9.59 Å². The molecule has 2 amide bonds. The van der Waals surface area contributed by atoms with Crippen LogP contribution in [0.15, 0.2) is 0 Å². The molecule has 0 aromatic carbocycles. The van der Waals surface area contributed by atoms with Gasteiger partial charge in [-0.2, -0.15) is 0 Å². The second-order valence-corrected chi connectivity index (χ2v) is 7.58. The van der Waals surface area contributed by atoms with Crippen LogP contribution in [0, 0.1) is 5.92 Å². The lowest BCUT2D eigenvalue weighted by Gasteiger charge is -2.28. The van der Waals surface area contributed by atoms with Crippen LogP contribution in [0.3, 0.4) is 0 Å². The molecule has 0 spiro atoms. The fourth-order valence-electron chi connectivity index (χ4n) is 3.95. The van der Waals surface area contributed by atoms with Gasteiger partial charge >= 0.3 is 0 Å². The van der Waals surface area contributed by atoms with Crippen molar-refractivity contribution >= 4 is 11.8 Å². The number of likely N-dealkylation sites (tertiary alicyclic amines) is 1. The fourth-order valence-corrected chi connectivity index (χ4v) is 3.95. The van der Waals surface area contributed by atoms with Crippen molar-refractivity contribution in [3.05, 3.63) is 17.2 Å². The van der Waals surface area contributed by atoms with Crippen molar-refractivity contribution in [2.45, 2.75) is 58.5 Å². The summed E-state index contributed by atoms with van der Waals surface area (Å²) in [6.07, 6.45) is 5.02. The van der Waals surface area contributed by atoms with E-state index in [9.17, 15) is 9.59 Å². The van der Waals surface area contributed by atoms with Gasteiger partial charge in [-0.3, -0.25) is 9.59 Å². The molecule has 2 aliphatic heterocycles. The van der Waals surface area contributed by atoms with Gasteiger partial charge in [0.25, 0.3) is 5.91 Å². The van der Waals surface area contributed by atoms with Gasteiger partial charge in [0.2, 0.25) is 5.91 Å². The first-order valence-electron chi connectivity index (χ1n) is 9.24. The van der Waals surface area contributed by atoms with E-state index in [0.717, 1.165) is 63.1 Å². The minimum Gasteiger partial charge on any atom is -0.336 e. The van der Waals surface area contributed by atoms with E-state index < -0.39 is 0 Å². The number of fused-ring (bicyclic) bond motifs is 1. The van der Waals surface area contributed by atoms with Crippen LogP contribution >= 0.6 is 0 Å². The predicted molar refractivity (Wildman–Crippen MR) is 89.6 cm³/mol. The van der Waals surface area contributed by atoms with E-state index in [1.807, 2.05) is 9.80 Å². The van der Waals surface area contributed by atoms with Gasteiger partial charge in [0.05, 0.1) is 12.2 Å². The summed E-state index contributed by atoms with van der Waals surface area (Å²) < 4.78 is 2.11. The van der Waals surface area contributed by atoms with Crippen molar-refractivity contribution in [1.82, 2.24) is 19.4 Å². The lowest BCUT2D eigenvalue weighted by Crippen LogP contribution is -2.37. The van der Waals surface area contributed by atoms with Crippen LogP contribution in [0.4, 0.5) is 0 Å². The maximum atomic E-state index is 12.9. The molecular weight excluding hydrogens is 304 g/mol. The molecule has 0 unspecified atom stereocenters. The van der Waals surface area contributed by atoms with Crippen molar-refractivity contribution in [3.8, 4) is 0 Å². The van der Waals surface area contributed by atoms with E-state index in [1.54, 1.807) is 0 Å². The Morgan fingerprint density at radius 2 is 1.79 bits per heavy atom. The number of nitrogens with zero attached hydrogens (tertiary/aromatic N) is 4. The average Bonchev–Trinajstić information content (AvgIpc) is 3.13. The average molecular weight is 330 g/mol. The molecule has 6 nitrogen and oxygen atoms in total. The third-order valence-electron chi connectivity index (χ3n) is 5.39. The quantitative estimate of drug-likeness (QED) is 0.852. The molecule has 3 aliphatic rings. The maximum absolute atomic E-state index is 12.9. The van der Waals surface area contributed by atoms with E-state index in [2.05, 4.69) is 18.4 Å². The second kappa shape index (κ2) is 5.90. The molecule has 1 aromatic rings. The SMILES string of the molecule is CC(C)n1c(C(=O)N2CCCC2)nc2c1CCN(C(=O)C1CC1)C2. The summed E-state index contributed by atoms with van der Waals surface area (Å²) in [7, 11) is 0. The van der Waals surface area contributed by atoms with E-state index >= 15 is 0 Å². The van der Waals surface area contributed by atoms with Crippen molar-refractivity contribution in [2.24, 2.45) is 5.92 Å². The zero-order valence-electron chi connectivity index (χ0n) is 14.6. The number of amides is 2. The largest absolute Gasteiger partial charge is 0.336 e. The van der Waals surface area contributed by atoms with Gasteiger partial charge in [-0.1, -0.05) is 0 Å². The fraction of sp³-hybridized carbons (Fsp3) is 0.722. The first-order valence-corrected chi connectivity index (χ1v) is 9.24. The van der Waals surface area contributed by atoms with Gasteiger partial charge < -0.3 is 14.4 Å². The molecule has 1 aromatic heterocycles. The highest BCUT2D eigenvalue weighted by Crippen LogP contribution is 2.33. The lowest BCUT2D eigenvalue weighted by atomic mass is 10.1. The summed E-state index contributed by atoms with van der Waals surface area (Å²) in [6, 6.07) is 0.202. The maximum Gasteiger partial charge on any atom is 0.289 e. The summed E-state index contributed by atoms with van der Waals surface area (Å²) in [6.45, 7) is 7.18.